The molecule has 2 atom stereocenters. The maximum absolute atomic E-state index is 13.2. The summed E-state index contributed by atoms with van der Waals surface area (Å²) in [7, 11) is 0. The fraction of sp³-hybridized carbons (Fsp3) is 0.154. The highest BCUT2D eigenvalue weighted by Gasteiger charge is 2.23. The van der Waals surface area contributed by atoms with E-state index in [1.165, 1.54) is 0 Å². The van der Waals surface area contributed by atoms with Crippen LogP contribution in [0.3, 0.4) is 0 Å². The zero-order valence-electron chi connectivity index (χ0n) is 17.1. The van der Waals surface area contributed by atoms with Gasteiger partial charge < -0.3 is 5.32 Å². The summed E-state index contributed by atoms with van der Waals surface area (Å²) in [5, 5.41) is 6.54. The molecule has 5 heteroatoms. The van der Waals surface area contributed by atoms with Gasteiger partial charge in [-0.3, -0.25) is 4.79 Å². The van der Waals surface area contributed by atoms with E-state index in [1.54, 1.807) is 0 Å². The Balaban J connectivity index is 1.61. The summed E-state index contributed by atoms with van der Waals surface area (Å²) in [6.45, 7) is 2.05. The van der Waals surface area contributed by atoms with E-state index >= 15 is 0 Å². The fourth-order valence-corrected chi connectivity index (χ4v) is 4.16. The second-order valence-corrected chi connectivity index (χ2v) is 8.58. The van der Waals surface area contributed by atoms with Gasteiger partial charge in [-0.05, 0) is 60.2 Å². The summed E-state index contributed by atoms with van der Waals surface area (Å²) in [5.74, 6) is -0.0169. The first kappa shape index (κ1) is 21.4. The second kappa shape index (κ2) is 9.51. The summed E-state index contributed by atoms with van der Waals surface area (Å²) in [4.78, 5) is 16.3. The first-order chi connectivity index (χ1) is 15.0. The van der Waals surface area contributed by atoms with Crippen molar-refractivity contribution in [1.82, 2.24) is 5.32 Å². The molecule has 0 saturated heterocycles. The van der Waals surface area contributed by atoms with E-state index in [0.29, 0.717) is 15.6 Å². The largest absolute Gasteiger partial charge is 0.349 e. The van der Waals surface area contributed by atoms with Crippen LogP contribution in [0.25, 0.3) is 10.8 Å². The third kappa shape index (κ3) is 5.07. The molecule has 1 heterocycles. The average Bonchev–Trinajstić information content (AvgIpc) is 2.79. The van der Waals surface area contributed by atoms with E-state index in [9.17, 15) is 4.79 Å². The molecule has 4 aromatic rings. The molecule has 0 spiro atoms. The minimum atomic E-state index is -0.104. The van der Waals surface area contributed by atoms with Gasteiger partial charge in [-0.15, -0.1) is 0 Å². The molecule has 4 rings (SSSR count). The van der Waals surface area contributed by atoms with E-state index in [-0.39, 0.29) is 17.9 Å². The number of benzene rings is 3. The van der Waals surface area contributed by atoms with Gasteiger partial charge in [0, 0.05) is 28.1 Å². The lowest BCUT2D eigenvalue weighted by atomic mass is 9.86. The van der Waals surface area contributed by atoms with Crippen LogP contribution >= 0.6 is 23.2 Å². The summed E-state index contributed by atoms with van der Waals surface area (Å²) in [6.07, 6.45) is 4.48. The van der Waals surface area contributed by atoms with Crippen LogP contribution in [0.15, 0.2) is 85.2 Å². The maximum atomic E-state index is 13.2. The molecule has 2 N–H and O–H groups in total. The standard InChI is InChI=1S/C26H22Cl2N2O/c1-17(30-26(31)23-4-2-3-19-13-14-29-16-25(19)23)24(20-7-11-22(28)12-8-20)15-18-5-9-21(27)10-6-18/h2-14,16-17,24H,15H2,1H3,(H,30,31)/p+1/t17-,24+/m1/s1. The van der Waals surface area contributed by atoms with Gasteiger partial charge in [0.25, 0.3) is 5.91 Å². The summed E-state index contributed by atoms with van der Waals surface area (Å²) in [6, 6.07) is 23.3. The Kier molecular flexibility index (Phi) is 6.55. The molecule has 0 aliphatic heterocycles. The zero-order chi connectivity index (χ0) is 21.8. The number of rotatable bonds is 6. The Hall–Kier alpha value is -2.88. The number of carbonyl (C=O) groups excluding carboxylic acids is 1. The number of pyridine rings is 1. The Morgan fingerprint density at radius 2 is 1.61 bits per heavy atom. The van der Waals surface area contributed by atoms with Gasteiger partial charge in [0.1, 0.15) is 0 Å². The second-order valence-electron chi connectivity index (χ2n) is 7.70. The Morgan fingerprint density at radius 3 is 2.32 bits per heavy atom. The molecule has 0 aliphatic rings. The molecule has 1 amide bonds. The molecule has 3 aromatic carbocycles. The predicted octanol–water partition coefficient (Wildman–Crippen LogP) is 6.11. The summed E-state index contributed by atoms with van der Waals surface area (Å²) < 4.78 is 0. The number of nitrogens with one attached hydrogen (secondary N) is 2. The molecular formula is C26H23Cl2N2O+. The Labute approximate surface area is 192 Å². The first-order valence-corrected chi connectivity index (χ1v) is 11.0. The number of fused-ring (bicyclic) bond motifs is 1. The lowest BCUT2D eigenvalue weighted by molar-refractivity contribution is -0.375. The van der Waals surface area contributed by atoms with Crippen molar-refractivity contribution in [1.29, 1.82) is 0 Å². The van der Waals surface area contributed by atoms with Crippen molar-refractivity contribution in [3.8, 4) is 0 Å². The fourth-order valence-electron chi connectivity index (χ4n) is 3.91. The number of aromatic amines is 1. The van der Waals surface area contributed by atoms with Crippen LogP contribution in [-0.4, -0.2) is 11.9 Å². The molecule has 3 nitrogen and oxygen atoms in total. The average molecular weight is 450 g/mol. The Morgan fingerprint density at radius 1 is 0.935 bits per heavy atom. The molecule has 156 valence electrons. The van der Waals surface area contributed by atoms with Crippen molar-refractivity contribution >= 4 is 39.9 Å². The monoisotopic (exact) mass is 449 g/mol. The SMILES string of the molecule is C[C@@H](NC(=O)c1cccc2cc[nH+]cc12)[C@H](Cc1ccc(Cl)cc1)c1ccc(Cl)cc1. The highest BCUT2D eigenvalue weighted by atomic mass is 35.5. The molecule has 0 bridgehead atoms. The van der Waals surface area contributed by atoms with Gasteiger partial charge in [-0.1, -0.05) is 59.6 Å². The van der Waals surface area contributed by atoms with Crippen LogP contribution in [0, 0.1) is 0 Å². The molecule has 31 heavy (non-hydrogen) atoms. The third-order valence-corrected chi connectivity index (χ3v) is 6.10. The topological polar surface area (TPSA) is 43.2 Å². The van der Waals surface area contributed by atoms with E-state index in [4.69, 9.17) is 23.2 Å². The number of amides is 1. The van der Waals surface area contributed by atoms with Crippen LogP contribution in [0.4, 0.5) is 0 Å². The van der Waals surface area contributed by atoms with Gasteiger partial charge in [-0.25, -0.2) is 4.98 Å². The first-order valence-electron chi connectivity index (χ1n) is 10.2. The number of aromatic nitrogens is 1. The quantitative estimate of drug-likeness (QED) is 0.379. The minimum Gasteiger partial charge on any atom is -0.349 e. The predicted molar refractivity (Wildman–Crippen MR) is 127 cm³/mol. The number of hydrogen-bond donors (Lipinski definition) is 1. The molecule has 0 fully saturated rings. The van der Waals surface area contributed by atoms with Crippen LogP contribution in [0.5, 0.6) is 0 Å². The number of carbonyl (C=O) groups is 1. The molecule has 0 radical (unpaired) electrons. The molecule has 0 aliphatic carbocycles. The minimum absolute atomic E-state index is 0.0731. The highest BCUT2D eigenvalue weighted by Crippen LogP contribution is 2.27. The van der Waals surface area contributed by atoms with Crippen LogP contribution in [0.2, 0.25) is 10.0 Å². The summed E-state index contributed by atoms with van der Waals surface area (Å²) in [5.41, 5.74) is 2.94. The number of H-pyrrole nitrogens is 1. The molecular weight excluding hydrogens is 427 g/mol. The van der Waals surface area contributed by atoms with E-state index in [0.717, 1.165) is 28.3 Å². The van der Waals surface area contributed by atoms with Crippen LogP contribution < -0.4 is 10.3 Å². The van der Waals surface area contributed by atoms with Gasteiger partial charge in [0.15, 0.2) is 12.4 Å². The van der Waals surface area contributed by atoms with E-state index < -0.39 is 0 Å². The van der Waals surface area contributed by atoms with Crippen molar-refractivity contribution < 1.29 is 9.78 Å². The number of hydrogen-bond acceptors (Lipinski definition) is 1. The van der Waals surface area contributed by atoms with Crippen molar-refractivity contribution in [3.05, 3.63) is 112 Å². The van der Waals surface area contributed by atoms with Gasteiger partial charge in [-0.2, -0.15) is 0 Å². The number of halogens is 2. The van der Waals surface area contributed by atoms with Crippen molar-refractivity contribution in [2.75, 3.05) is 0 Å². The third-order valence-electron chi connectivity index (χ3n) is 5.60. The van der Waals surface area contributed by atoms with Crippen LogP contribution in [-0.2, 0) is 6.42 Å². The van der Waals surface area contributed by atoms with Gasteiger partial charge in [0.05, 0.1) is 10.9 Å². The Bertz CT molecular complexity index is 1180. The van der Waals surface area contributed by atoms with Crippen molar-refractivity contribution in [2.45, 2.75) is 25.3 Å². The van der Waals surface area contributed by atoms with Gasteiger partial charge in [0.2, 0.25) is 0 Å². The van der Waals surface area contributed by atoms with E-state index in [1.807, 2.05) is 92.1 Å². The molecule has 0 saturated carbocycles. The van der Waals surface area contributed by atoms with Crippen LogP contribution in [0.1, 0.15) is 34.3 Å². The van der Waals surface area contributed by atoms with Crippen molar-refractivity contribution in [3.63, 3.8) is 0 Å². The van der Waals surface area contributed by atoms with Crippen molar-refractivity contribution in [2.24, 2.45) is 0 Å². The molecule has 0 unspecified atom stereocenters. The molecule has 1 aromatic heterocycles. The highest BCUT2D eigenvalue weighted by molar-refractivity contribution is 6.30. The smallest absolute Gasteiger partial charge is 0.252 e. The maximum Gasteiger partial charge on any atom is 0.252 e. The van der Waals surface area contributed by atoms with E-state index in [2.05, 4.69) is 10.3 Å². The van der Waals surface area contributed by atoms with Gasteiger partial charge >= 0.3 is 0 Å². The normalized spacial score (nSPS) is 13.0. The lowest BCUT2D eigenvalue weighted by Gasteiger charge is -2.26. The zero-order valence-corrected chi connectivity index (χ0v) is 18.6. The summed E-state index contributed by atoms with van der Waals surface area (Å²) >= 11 is 12.2. The lowest BCUT2D eigenvalue weighted by Crippen LogP contribution is -2.38.